The standard InChI is InChI=1S/C12H14F2N2/c13-8-3-4-10-12(11(8)14)16-9(5-6-15-10)7-1-2-7/h3-4,7,9,15-16H,1-2,5-6H2. The van der Waals surface area contributed by atoms with Gasteiger partial charge in [-0.2, -0.15) is 0 Å². The zero-order valence-electron chi connectivity index (χ0n) is 8.89. The van der Waals surface area contributed by atoms with Gasteiger partial charge in [-0.05, 0) is 37.3 Å². The predicted octanol–water partition coefficient (Wildman–Crippen LogP) is 2.97. The summed E-state index contributed by atoms with van der Waals surface area (Å²) in [6.07, 6.45) is 3.36. The summed E-state index contributed by atoms with van der Waals surface area (Å²) in [5.41, 5.74) is 0.969. The van der Waals surface area contributed by atoms with Crippen LogP contribution in [-0.4, -0.2) is 12.6 Å². The maximum Gasteiger partial charge on any atom is 0.183 e. The maximum atomic E-state index is 13.6. The van der Waals surface area contributed by atoms with Gasteiger partial charge in [0.15, 0.2) is 11.6 Å². The second-order valence-electron chi connectivity index (χ2n) is 4.59. The Balaban J connectivity index is 1.96. The Morgan fingerprint density at radius 2 is 1.94 bits per heavy atom. The van der Waals surface area contributed by atoms with Gasteiger partial charge in [-0.3, -0.25) is 0 Å². The number of hydrogen-bond acceptors (Lipinski definition) is 2. The molecule has 1 unspecified atom stereocenters. The first-order chi connectivity index (χ1) is 7.75. The van der Waals surface area contributed by atoms with Crippen molar-refractivity contribution in [3.8, 4) is 0 Å². The van der Waals surface area contributed by atoms with Crippen molar-refractivity contribution in [2.24, 2.45) is 5.92 Å². The summed E-state index contributed by atoms with van der Waals surface area (Å²) in [7, 11) is 0. The molecule has 0 saturated heterocycles. The van der Waals surface area contributed by atoms with Gasteiger partial charge in [0.1, 0.15) is 0 Å². The van der Waals surface area contributed by atoms with E-state index >= 15 is 0 Å². The van der Waals surface area contributed by atoms with E-state index in [1.165, 1.54) is 18.9 Å². The van der Waals surface area contributed by atoms with Crippen LogP contribution in [0.5, 0.6) is 0 Å². The van der Waals surface area contributed by atoms with Crippen LogP contribution in [0.1, 0.15) is 19.3 Å². The van der Waals surface area contributed by atoms with Crippen molar-refractivity contribution in [2.75, 3.05) is 17.2 Å². The van der Waals surface area contributed by atoms with Gasteiger partial charge in [-0.1, -0.05) is 0 Å². The average Bonchev–Trinajstić information content (AvgIpc) is 3.08. The molecule has 3 rings (SSSR count). The third-order valence-corrected chi connectivity index (χ3v) is 3.39. The minimum Gasteiger partial charge on any atom is -0.383 e. The van der Waals surface area contributed by atoms with Crippen molar-refractivity contribution < 1.29 is 8.78 Å². The highest BCUT2D eigenvalue weighted by Crippen LogP contribution is 2.39. The smallest absolute Gasteiger partial charge is 0.183 e. The molecule has 1 aromatic rings. The van der Waals surface area contributed by atoms with Crippen LogP contribution in [0.3, 0.4) is 0 Å². The molecule has 2 nitrogen and oxygen atoms in total. The van der Waals surface area contributed by atoms with Crippen molar-refractivity contribution >= 4 is 11.4 Å². The SMILES string of the molecule is Fc1ccc2c(c1F)NC(C1CC1)CCN2. The Morgan fingerprint density at radius 1 is 1.12 bits per heavy atom. The molecule has 1 fully saturated rings. The third-order valence-electron chi connectivity index (χ3n) is 3.39. The van der Waals surface area contributed by atoms with E-state index in [4.69, 9.17) is 0 Å². The Morgan fingerprint density at radius 3 is 2.69 bits per heavy atom. The largest absolute Gasteiger partial charge is 0.383 e. The lowest BCUT2D eigenvalue weighted by Crippen LogP contribution is -2.22. The normalized spacial score (nSPS) is 24.0. The minimum absolute atomic E-state index is 0.282. The fraction of sp³-hybridized carbons (Fsp3) is 0.500. The number of anilines is 2. The summed E-state index contributed by atoms with van der Waals surface area (Å²) in [6, 6.07) is 3.04. The summed E-state index contributed by atoms with van der Waals surface area (Å²) in [4.78, 5) is 0. The first-order valence-electron chi connectivity index (χ1n) is 5.74. The summed E-state index contributed by atoms with van der Waals surface area (Å²) in [5.74, 6) is -0.919. The van der Waals surface area contributed by atoms with E-state index in [1.807, 2.05) is 0 Å². The molecule has 1 atom stereocenters. The van der Waals surface area contributed by atoms with Crippen LogP contribution in [0.4, 0.5) is 20.2 Å². The van der Waals surface area contributed by atoms with Crippen molar-refractivity contribution in [2.45, 2.75) is 25.3 Å². The number of hydrogen-bond donors (Lipinski definition) is 2. The molecular weight excluding hydrogens is 210 g/mol. The van der Waals surface area contributed by atoms with Gasteiger partial charge in [0.2, 0.25) is 0 Å². The van der Waals surface area contributed by atoms with Crippen LogP contribution in [0.15, 0.2) is 12.1 Å². The number of rotatable bonds is 1. The Hall–Kier alpha value is -1.32. The van der Waals surface area contributed by atoms with Crippen LogP contribution in [0.25, 0.3) is 0 Å². The van der Waals surface area contributed by atoms with Gasteiger partial charge >= 0.3 is 0 Å². The highest BCUT2D eigenvalue weighted by molar-refractivity contribution is 5.70. The van der Waals surface area contributed by atoms with Crippen LogP contribution < -0.4 is 10.6 Å². The van der Waals surface area contributed by atoms with Crippen molar-refractivity contribution in [3.05, 3.63) is 23.8 Å². The molecule has 1 aliphatic heterocycles. The average molecular weight is 224 g/mol. The van der Waals surface area contributed by atoms with E-state index in [-0.39, 0.29) is 6.04 Å². The maximum absolute atomic E-state index is 13.6. The number of halogens is 2. The second-order valence-corrected chi connectivity index (χ2v) is 4.59. The third kappa shape index (κ3) is 1.62. The quantitative estimate of drug-likeness (QED) is 0.766. The zero-order chi connectivity index (χ0) is 11.1. The molecule has 0 aromatic heterocycles. The highest BCUT2D eigenvalue weighted by Gasteiger charge is 2.33. The first-order valence-corrected chi connectivity index (χ1v) is 5.74. The fourth-order valence-corrected chi connectivity index (χ4v) is 2.31. The molecule has 4 heteroatoms. The molecule has 2 aliphatic rings. The Bertz CT molecular complexity index is 416. The van der Waals surface area contributed by atoms with E-state index in [0.29, 0.717) is 17.3 Å². The van der Waals surface area contributed by atoms with Crippen molar-refractivity contribution in [1.29, 1.82) is 0 Å². The Kier molecular flexibility index (Phi) is 2.23. The highest BCUT2D eigenvalue weighted by atomic mass is 19.2. The molecule has 2 N–H and O–H groups in total. The summed E-state index contributed by atoms with van der Waals surface area (Å²) in [6.45, 7) is 0.812. The lowest BCUT2D eigenvalue weighted by molar-refractivity contribution is 0.508. The lowest BCUT2D eigenvalue weighted by atomic mass is 10.1. The predicted molar refractivity (Wildman–Crippen MR) is 59.6 cm³/mol. The second kappa shape index (κ2) is 3.61. The molecule has 16 heavy (non-hydrogen) atoms. The van der Waals surface area contributed by atoms with Crippen LogP contribution in [-0.2, 0) is 0 Å². The molecule has 1 aromatic carbocycles. The molecule has 0 amide bonds. The van der Waals surface area contributed by atoms with Crippen LogP contribution in [0, 0.1) is 17.6 Å². The van der Waals surface area contributed by atoms with Crippen molar-refractivity contribution in [3.63, 3.8) is 0 Å². The van der Waals surface area contributed by atoms with E-state index < -0.39 is 11.6 Å². The number of fused-ring (bicyclic) bond motifs is 1. The minimum atomic E-state index is -0.788. The molecule has 1 aliphatic carbocycles. The van der Waals surface area contributed by atoms with Crippen LogP contribution >= 0.6 is 0 Å². The summed E-state index contributed by atoms with van der Waals surface area (Å²) in [5, 5.41) is 6.29. The van der Waals surface area contributed by atoms with Crippen molar-refractivity contribution in [1.82, 2.24) is 0 Å². The van der Waals surface area contributed by atoms with Gasteiger partial charge in [-0.15, -0.1) is 0 Å². The molecule has 0 radical (unpaired) electrons. The van der Waals surface area contributed by atoms with E-state index in [2.05, 4.69) is 10.6 Å². The zero-order valence-corrected chi connectivity index (χ0v) is 8.89. The molecule has 1 saturated carbocycles. The van der Waals surface area contributed by atoms with Gasteiger partial charge in [-0.25, -0.2) is 8.78 Å². The molecular formula is C12H14F2N2. The molecule has 86 valence electrons. The first kappa shape index (κ1) is 9.87. The number of benzene rings is 1. The Labute approximate surface area is 93.0 Å². The van der Waals surface area contributed by atoms with Gasteiger partial charge in [0.25, 0.3) is 0 Å². The monoisotopic (exact) mass is 224 g/mol. The summed E-state index contributed by atoms with van der Waals surface area (Å²) < 4.78 is 26.8. The van der Waals surface area contributed by atoms with Gasteiger partial charge < -0.3 is 10.6 Å². The van der Waals surface area contributed by atoms with E-state index in [9.17, 15) is 8.78 Å². The molecule has 1 heterocycles. The van der Waals surface area contributed by atoms with E-state index in [1.54, 1.807) is 6.07 Å². The molecule has 0 bridgehead atoms. The summed E-state index contributed by atoms with van der Waals surface area (Å²) >= 11 is 0. The van der Waals surface area contributed by atoms with Gasteiger partial charge in [0, 0.05) is 12.6 Å². The molecule has 0 spiro atoms. The lowest BCUT2D eigenvalue weighted by Gasteiger charge is -2.17. The van der Waals surface area contributed by atoms with Crippen LogP contribution in [0.2, 0.25) is 0 Å². The fourth-order valence-electron chi connectivity index (χ4n) is 2.31. The topological polar surface area (TPSA) is 24.1 Å². The number of nitrogens with one attached hydrogen (secondary N) is 2. The van der Waals surface area contributed by atoms with E-state index in [0.717, 1.165) is 13.0 Å². The van der Waals surface area contributed by atoms with Gasteiger partial charge in [0.05, 0.1) is 11.4 Å².